The van der Waals surface area contributed by atoms with Crippen molar-refractivity contribution in [2.75, 3.05) is 5.32 Å². The van der Waals surface area contributed by atoms with Crippen molar-refractivity contribution in [3.05, 3.63) is 30.1 Å². The van der Waals surface area contributed by atoms with Crippen molar-refractivity contribution in [1.82, 2.24) is 25.1 Å². The third kappa shape index (κ3) is 3.64. The van der Waals surface area contributed by atoms with Crippen molar-refractivity contribution >= 4 is 34.0 Å². The van der Waals surface area contributed by atoms with Crippen LogP contribution >= 0.6 is 11.3 Å². The Morgan fingerprint density at radius 3 is 2.69 bits per heavy atom. The van der Waals surface area contributed by atoms with E-state index in [-0.39, 0.29) is 5.92 Å². The van der Waals surface area contributed by atoms with Crippen LogP contribution in [0.3, 0.4) is 0 Å². The van der Waals surface area contributed by atoms with E-state index < -0.39 is 18.0 Å². The van der Waals surface area contributed by atoms with Gasteiger partial charge < -0.3 is 15.7 Å². The van der Waals surface area contributed by atoms with E-state index in [4.69, 9.17) is 5.11 Å². The number of nitrogens with zero attached hydrogens (tertiary/aromatic N) is 4. The fourth-order valence-electron chi connectivity index (χ4n) is 2.38. The predicted molar refractivity (Wildman–Crippen MR) is 97.2 cm³/mol. The minimum Gasteiger partial charge on any atom is -0.480 e. The van der Waals surface area contributed by atoms with Gasteiger partial charge in [-0.05, 0) is 25.0 Å². The van der Waals surface area contributed by atoms with Gasteiger partial charge in [-0.25, -0.2) is 9.59 Å². The highest BCUT2D eigenvalue weighted by Gasteiger charge is 2.23. The molecule has 3 aromatic rings. The van der Waals surface area contributed by atoms with E-state index in [1.807, 2.05) is 13.0 Å². The lowest BCUT2D eigenvalue weighted by atomic mass is 10.1. The van der Waals surface area contributed by atoms with Crippen LogP contribution in [0.1, 0.15) is 19.7 Å². The van der Waals surface area contributed by atoms with Crippen LogP contribution in [-0.4, -0.2) is 43.0 Å². The van der Waals surface area contributed by atoms with Gasteiger partial charge in [0.1, 0.15) is 11.0 Å². The minimum absolute atomic E-state index is 0.229. The number of carbonyl (C=O) groups excluding carboxylic acids is 1. The lowest BCUT2D eigenvalue weighted by molar-refractivity contribution is -0.140. The molecule has 10 heteroatoms. The highest BCUT2D eigenvalue weighted by atomic mass is 32.1. The lowest BCUT2D eigenvalue weighted by Gasteiger charge is -2.18. The van der Waals surface area contributed by atoms with Crippen LogP contribution < -0.4 is 10.6 Å². The molecule has 0 aliphatic rings. The Hall–Kier alpha value is -3.01. The molecule has 9 nitrogen and oxygen atoms in total. The summed E-state index contributed by atoms with van der Waals surface area (Å²) in [6.45, 7) is 5.28. The minimum atomic E-state index is -1.07. The number of carbonyl (C=O) groups is 2. The lowest BCUT2D eigenvalue weighted by Crippen LogP contribution is -2.46. The van der Waals surface area contributed by atoms with Gasteiger partial charge in [-0.2, -0.15) is 9.61 Å². The second-order valence-electron chi connectivity index (χ2n) is 6.09. The summed E-state index contributed by atoms with van der Waals surface area (Å²) < 4.78 is 1.66. The number of hydrogen-bond acceptors (Lipinski definition) is 6. The molecule has 0 bridgehead atoms. The molecule has 3 rings (SSSR count). The first-order valence-electron chi connectivity index (χ1n) is 7.94. The van der Waals surface area contributed by atoms with Crippen molar-refractivity contribution in [3.63, 3.8) is 0 Å². The molecule has 0 saturated heterocycles. The van der Waals surface area contributed by atoms with Crippen molar-refractivity contribution in [3.8, 4) is 10.6 Å². The second kappa shape index (κ2) is 7.08. The number of nitrogens with one attached hydrogen (secondary N) is 2. The van der Waals surface area contributed by atoms with Crippen LogP contribution in [0.25, 0.3) is 15.5 Å². The number of carboxylic acid groups (broad SMARTS) is 1. The van der Waals surface area contributed by atoms with Crippen LogP contribution in [0.15, 0.2) is 24.3 Å². The number of urea groups is 1. The van der Waals surface area contributed by atoms with E-state index in [9.17, 15) is 9.59 Å². The summed E-state index contributed by atoms with van der Waals surface area (Å²) in [7, 11) is 0. The van der Waals surface area contributed by atoms with Crippen molar-refractivity contribution in [2.24, 2.45) is 5.92 Å². The third-order valence-electron chi connectivity index (χ3n) is 3.73. The largest absolute Gasteiger partial charge is 0.480 e. The van der Waals surface area contributed by atoms with Crippen molar-refractivity contribution in [1.29, 1.82) is 0 Å². The molecule has 0 aliphatic carbocycles. The Morgan fingerprint density at radius 1 is 1.27 bits per heavy atom. The molecule has 0 spiro atoms. The van der Waals surface area contributed by atoms with Crippen LogP contribution in [0.2, 0.25) is 0 Å². The van der Waals surface area contributed by atoms with Gasteiger partial charge in [-0.15, -0.1) is 10.2 Å². The van der Waals surface area contributed by atoms with Crippen LogP contribution in [-0.2, 0) is 4.79 Å². The molecule has 0 aliphatic heterocycles. The standard InChI is InChI=1S/C16H18N6O3S/c1-8(2)12(14(23)24)18-15(25)17-11-6-4-5-10(7-11)13-21-22-9(3)19-20-16(22)26-13/h4-8,12H,1-3H3,(H,23,24)(H2,17,18,25). The third-order valence-corrected chi connectivity index (χ3v) is 4.68. The first kappa shape index (κ1) is 17.8. The smallest absolute Gasteiger partial charge is 0.326 e. The van der Waals surface area contributed by atoms with Gasteiger partial charge in [-0.1, -0.05) is 37.3 Å². The quantitative estimate of drug-likeness (QED) is 0.630. The first-order chi connectivity index (χ1) is 12.3. The monoisotopic (exact) mass is 374 g/mol. The fourth-order valence-corrected chi connectivity index (χ4v) is 3.26. The number of aliphatic carboxylic acids is 1. The molecule has 1 aromatic carbocycles. The summed E-state index contributed by atoms with van der Waals surface area (Å²) in [6, 6.07) is 5.62. The number of aryl methyl sites for hydroxylation is 1. The highest BCUT2D eigenvalue weighted by Crippen LogP contribution is 2.27. The molecule has 0 saturated carbocycles. The maximum atomic E-state index is 12.1. The Balaban J connectivity index is 1.76. The molecule has 1 unspecified atom stereocenters. The molecule has 0 radical (unpaired) electrons. The summed E-state index contributed by atoms with van der Waals surface area (Å²) >= 11 is 1.39. The summed E-state index contributed by atoms with van der Waals surface area (Å²) in [5.41, 5.74) is 1.35. The number of aromatic nitrogens is 4. The predicted octanol–water partition coefficient (Wildman–Crippen LogP) is 2.39. The maximum absolute atomic E-state index is 12.1. The molecule has 3 N–H and O–H groups in total. The number of amides is 2. The molecular weight excluding hydrogens is 356 g/mol. The first-order valence-corrected chi connectivity index (χ1v) is 8.76. The number of anilines is 1. The fraction of sp³-hybridized carbons (Fsp3) is 0.312. The zero-order chi connectivity index (χ0) is 18.8. The highest BCUT2D eigenvalue weighted by molar-refractivity contribution is 7.19. The molecule has 2 aromatic heterocycles. The molecule has 1 atom stereocenters. The van der Waals surface area contributed by atoms with E-state index in [1.165, 1.54) is 11.3 Å². The molecular formula is C16H18N6O3S. The van der Waals surface area contributed by atoms with Crippen molar-refractivity contribution in [2.45, 2.75) is 26.8 Å². The van der Waals surface area contributed by atoms with E-state index in [1.54, 1.807) is 36.6 Å². The zero-order valence-corrected chi connectivity index (χ0v) is 15.2. The molecule has 26 heavy (non-hydrogen) atoms. The number of rotatable bonds is 5. The summed E-state index contributed by atoms with van der Waals surface area (Å²) in [4.78, 5) is 24.0. The SMILES string of the molecule is Cc1nnc2sc(-c3cccc(NC(=O)NC(C(=O)O)C(C)C)c3)nn12. The number of benzene rings is 1. The molecule has 136 valence electrons. The van der Waals surface area contributed by atoms with Gasteiger partial charge in [-0.3, -0.25) is 0 Å². The van der Waals surface area contributed by atoms with Crippen LogP contribution in [0.5, 0.6) is 0 Å². The molecule has 0 fully saturated rings. The normalized spacial score (nSPS) is 12.3. The maximum Gasteiger partial charge on any atom is 0.326 e. The Kier molecular flexibility index (Phi) is 4.85. The Labute approximate surface area is 153 Å². The average Bonchev–Trinajstić information content (AvgIpc) is 3.15. The van der Waals surface area contributed by atoms with E-state index in [0.29, 0.717) is 16.5 Å². The average molecular weight is 374 g/mol. The summed E-state index contributed by atoms with van der Waals surface area (Å²) in [5, 5.41) is 27.5. The number of hydrogen-bond donors (Lipinski definition) is 3. The Bertz CT molecular complexity index is 964. The Morgan fingerprint density at radius 2 is 2.04 bits per heavy atom. The van der Waals surface area contributed by atoms with E-state index in [2.05, 4.69) is 25.9 Å². The van der Waals surface area contributed by atoms with Crippen LogP contribution in [0.4, 0.5) is 10.5 Å². The summed E-state index contributed by atoms with van der Waals surface area (Å²) in [6.07, 6.45) is 0. The van der Waals surface area contributed by atoms with Gasteiger partial charge in [0, 0.05) is 11.3 Å². The number of fused-ring (bicyclic) bond motifs is 1. The van der Waals surface area contributed by atoms with E-state index in [0.717, 1.165) is 10.6 Å². The van der Waals surface area contributed by atoms with Gasteiger partial charge >= 0.3 is 12.0 Å². The van der Waals surface area contributed by atoms with Crippen molar-refractivity contribution < 1.29 is 14.7 Å². The van der Waals surface area contributed by atoms with E-state index >= 15 is 0 Å². The number of carboxylic acids is 1. The van der Waals surface area contributed by atoms with Gasteiger partial charge in [0.05, 0.1) is 0 Å². The zero-order valence-electron chi connectivity index (χ0n) is 14.4. The van der Waals surface area contributed by atoms with Gasteiger partial charge in [0.15, 0.2) is 5.82 Å². The van der Waals surface area contributed by atoms with Gasteiger partial charge in [0.2, 0.25) is 4.96 Å². The van der Waals surface area contributed by atoms with Gasteiger partial charge in [0.25, 0.3) is 0 Å². The molecule has 2 heterocycles. The summed E-state index contributed by atoms with van der Waals surface area (Å²) in [5.74, 6) is -0.600. The van der Waals surface area contributed by atoms with Crippen LogP contribution in [0, 0.1) is 12.8 Å². The molecule has 2 amide bonds. The second-order valence-corrected chi connectivity index (χ2v) is 7.04. The topological polar surface area (TPSA) is 122 Å².